The van der Waals surface area contributed by atoms with Crippen LogP contribution in [0.4, 0.5) is 0 Å². The Morgan fingerprint density at radius 3 is 3.09 bits per heavy atom. The molecule has 1 aliphatic rings. The average molecular weight is 154 g/mol. The largest absolute Gasteiger partial charge is 0.377 e. The van der Waals surface area contributed by atoms with Crippen molar-refractivity contribution in [2.45, 2.75) is 18.9 Å². The van der Waals surface area contributed by atoms with Gasteiger partial charge in [-0.1, -0.05) is 0 Å². The third-order valence-corrected chi connectivity index (χ3v) is 1.88. The van der Waals surface area contributed by atoms with Crippen molar-refractivity contribution in [3.05, 3.63) is 0 Å². The van der Waals surface area contributed by atoms with Crippen LogP contribution in [0, 0.1) is 11.3 Å². The maximum absolute atomic E-state index is 8.38. The van der Waals surface area contributed by atoms with Gasteiger partial charge in [-0.15, -0.1) is 0 Å². The summed E-state index contributed by atoms with van der Waals surface area (Å²) in [4.78, 5) is 2.00. The van der Waals surface area contributed by atoms with E-state index in [-0.39, 0.29) is 0 Å². The van der Waals surface area contributed by atoms with Crippen molar-refractivity contribution in [2.75, 3.05) is 26.7 Å². The Kier molecular flexibility index (Phi) is 3.34. The van der Waals surface area contributed by atoms with Crippen molar-refractivity contribution in [1.82, 2.24) is 4.90 Å². The molecule has 62 valence electrons. The molecule has 0 N–H and O–H groups in total. The Labute approximate surface area is 67.6 Å². The van der Waals surface area contributed by atoms with E-state index >= 15 is 0 Å². The molecule has 1 aliphatic heterocycles. The summed E-state index contributed by atoms with van der Waals surface area (Å²) in [7, 11) is 1.95. The maximum Gasteiger partial charge on any atom is 0.0864 e. The number of ether oxygens (including phenoxy) is 1. The number of hydrogen-bond acceptors (Lipinski definition) is 3. The third kappa shape index (κ3) is 2.87. The normalized spacial score (nSPS) is 23.9. The predicted molar refractivity (Wildman–Crippen MR) is 42.1 cm³/mol. The number of rotatable bonds is 3. The molecule has 1 atom stereocenters. The van der Waals surface area contributed by atoms with Gasteiger partial charge in [0.05, 0.1) is 18.7 Å². The van der Waals surface area contributed by atoms with Crippen LogP contribution in [0.25, 0.3) is 0 Å². The topological polar surface area (TPSA) is 36.3 Å². The lowest BCUT2D eigenvalue weighted by atomic mass is 10.2. The van der Waals surface area contributed by atoms with Gasteiger partial charge in [0.1, 0.15) is 0 Å². The Bertz CT molecular complexity index is 147. The van der Waals surface area contributed by atoms with Gasteiger partial charge < -0.3 is 4.74 Å². The fraction of sp³-hybridized carbons (Fsp3) is 0.875. The molecule has 3 heteroatoms. The highest BCUT2D eigenvalue weighted by Crippen LogP contribution is 2.12. The SMILES string of the molecule is CN(CC#N)CC1CCCO1. The lowest BCUT2D eigenvalue weighted by molar-refractivity contribution is 0.0847. The lowest BCUT2D eigenvalue weighted by Crippen LogP contribution is -2.28. The zero-order valence-corrected chi connectivity index (χ0v) is 6.92. The molecular formula is C8H14N2O. The zero-order chi connectivity index (χ0) is 8.10. The molecule has 0 saturated carbocycles. The minimum Gasteiger partial charge on any atom is -0.377 e. The number of nitriles is 1. The molecular weight excluding hydrogens is 140 g/mol. The van der Waals surface area contributed by atoms with Gasteiger partial charge in [-0.25, -0.2) is 0 Å². The molecule has 1 rings (SSSR count). The van der Waals surface area contributed by atoms with Gasteiger partial charge in [0, 0.05) is 13.2 Å². The third-order valence-electron chi connectivity index (χ3n) is 1.88. The summed E-state index contributed by atoms with van der Waals surface area (Å²) in [5.74, 6) is 0. The lowest BCUT2D eigenvalue weighted by Gasteiger charge is -2.16. The summed E-state index contributed by atoms with van der Waals surface area (Å²) in [5, 5.41) is 8.38. The molecule has 0 spiro atoms. The van der Waals surface area contributed by atoms with Crippen molar-refractivity contribution < 1.29 is 4.74 Å². The highest BCUT2D eigenvalue weighted by atomic mass is 16.5. The highest BCUT2D eigenvalue weighted by molar-refractivity contribution is 4.77. The predicted octanol–water partition coefficient (Wildman–Crippen LogP) is 0.621. The minimum atomic E-state index is 0.369. The Hall–Kier alpha value is -0.590. The van der Waals surface area contributed by atoms with Crippen LogP contribution in [0.15, 0.2) is 0 Å². The van der Waals surface area contributed by atoms with Crippen LogP contribution in [-0.2, 0) is 4.74 Å². The monoisotopic (exact) mass is 154 g/mol. The van der Waals surface area contributed by atoms with Crippen molar-refractivity contribution in [1.29, 1.82) is 5.26 Å². The molecule has 1 unspecified atom stereocenters. The van der Waals surface area contributed by atoms with Crippen LogP contribution in [0.5, 0.6) is 0 Å². The molecule has 0 radical (unpaired) electrons. The molecule has 0 aromatic carbocycles. The van der Waals surface area contributed by atoms with E-state index in [4.69, 9.17) is 10.00 Å². The fourth-order valence-corrected chi connectivity index (χ4v) is 1.32. The van der Waals surface area contributed by atoms with Gasteiger partial charge >= 0.3 is 0 Å². The smallest absolute Gasteiger partial charge is 0.0864 e. The second-order valence-corrected chi connectivity index (χ2v) is 2.99. The van der Waals surface area contributed by atoms with Gasteiger partial charge in [-0.05, 0) is 19.9 Å². The molecule has 0 amide bonds. The standard InChI is InChI=1S/C8H14N2O/c1-10(5-4-9)7-8-3-2-6-11-8/h8H,2-3,5-7H2,1H3. The van der Waals surface area contributed by atoms with E-state index in [0.29, 0.717) is 12.6 Å². The molecule has 3 nitrogen and oxygen atoms in total. The van der Waals surface area contributed by atoms with Crippen molar-refractivity contribution in [3.8, 4) is 6.07 Å². The van der Waals surface area contributed by atoms with E-state index in [1.165, 1.54) is 6.42 Å². The number of hydrogen-bond donors (Lipinski definition) is 0. The van der Waals surface area contributed by atoms with Crippen LogP contribution >= 0.6 is 0 Å². The number of nitrogens with zero attached hydrogens (tertiary/aromatic N) is 2. The van der Waals surface area contributed by atoms with Gasteiger partial charge in [0.2, 0.25) is 0 Å². The van der Waals surface area contributed by atoms with Gasteiger partial charge in [-0.3, -0.25) is 4.90 Å². The summed E-state index contributed by atoms with van der Waals surface area (Å²) in [6.07, 6.45) is 2.69. The van der Waals surface area contributed by atoms with Gasteiger partial charge in [-0.2, -0.15) is 5.26 Å². The summed E-state index contributed by atoms with van der Waals surface area (Å²) in [6, 6.07) is 2.11. The quantitative estimate of drug-likeness (QED) is 0.559. The van der Waals surface area contributed by atoms with E-state index in [0.717, 1.165) is 19.6 Å². The second-order valence-electron chi connectivity index (χ2n) is 2.99. The van der Waals surface area contributed by atoms with Gasteiger partial charge in [0.25, 0.3) is 0 Å². The zero-order valence-electron chi connectivity index (χ0n) is 6.92. The molecule has 1 saturated heterocycles. The van der Waals surface area contributed by atoms with E-state index in [9.17, 15) is 0 Å². The minimum absolute atomic E-state index is 0.369. The van der Waals surface area contributed by atoms with Crippen molar-refractivity contribution in [3.63, 3.8) is 0 Å². The molecule has 0 aliphatic carbocycles. The van der Waals surface area contributed by atoms with E-state index in [1.54, 1.807) is 0 Å². The van der Waals surface area contributed by atoms with E-state index < -0.39 is 0 Å². The maximum atomic E-state index is 8.38. The Morgan fingerprint density at radius 2 is 2.55 bits per heavy atom. The molecule has 0 aromatic heterocycles. The number of likely N-dealkylation sites (N-methyl/N-ethyl adjacent to an activating group) is 1. The first-order valence-electron chi connectivity index (χ1n) is 4.00. The summed E-state index contributed by atoms with van der Waals surface area (Å²) in [6.45, 7) is 2.29. The van der Waals surface area contributed by atoms with Crippen molar-refractivity contribution >= 4 is 0 Å². The van der Waals surface area contributed by atoms with Crippen LogP contribution in [-0.4, -0.2) is 37.7 Å². The summed E-state index contributed by atoms with van der Waals surface area (Å²) < 4.78 is 5.42. The molecule has 1 fully saturated rings. The Morgan fingerprint density at radius 1 is 1.73 bits per heavy atom. The van der Waals surface area contributed by atoms with Crippen LogP contribution < -0.4 is 0 Å². The van der Waals surface area contributed by atoms with Crippen LogP contribution in [0.2, 0.25) is 0 Å². The molecule has 0 bridgehead atoms. The average Bonchev–Trinajstić information content (AvgIpc) is 2.40. The molecule has 0 aromatic rings. The van der Waals surface area contributed by atoms with E-state index in [2.05, 4.69) is 6.07 Å². The first-order chi connectivity index (χ1) is 5.33. The molecule has 11 heavy (non-hydrogen) atoms. The van der Waals surface area contributed by atoms with Crippen LogP contribution in [0.3, 0.4) is 0 Å². The molecule has 1 heterocycles. The summed E-state index contributed by atoms with van der Waals surface area (Å²) >= 11 is 0. The Balaban J connectivity index is 2.14. The van der Waals surface area contributed by atoms with Crippen LogP contribution in [0.1, 0.15) is 12.8 Å². The second kappa shape index (κ2) is 4.32. The van der Waals surface area contributed by atoms with Crippen molar-refractivity contribution in [2.24, 2.45) is 0 Å². The van der Waals surface area contributed by atoms with E-state index in [1.807, 2.05) is 11.9 Å². The highest BCUT2D eigenvalue weighted by Gasteiger charge is 2.16. The first-order valence-corrected chi connectivity index (χ1v) is 4.00. The first kappa shape index (κ1) is 8.51. The van der Waals surface area contributed by atoms with Gasteiger partial charge in [0.15, 0.2) is 0 Å². The fourth-order valence-electron chi connectivity index (χ4n) is 1.32. The summed E-state index contributed by atoms with van der Waals surface area (Å²) in [5.41, 5.74) is 0.